The fraction of sp³-hybridized carbons (Fsp3) is 0.562. The maximum Gasteiger partial charge on any atom is 0.223 e. The summed E-state index contributed by atoms with van der Waals surface area (Å²) in [6.45, 7) is 0. The van der Waals surface area contributed by atoms with Gasteiger partial charge < -0.3 is 10.4 Å². The first-order valence-corrected chi connectivity index (χ1v) is 7.69. The van der Waals surface area contributed by atoms with Gasteiger partial charge in [-0.05, 0) is 43.4 Å². The van der Waals surface area contributed by atoms with Gasteiger partial charge in [0, 0.05) is 5.02 Å². The van der Waals surface area contributed by atoms with Crippen molar-refractivity contribution in [1.29, 1.82) is 0 Å². The molecule has 2 aliphatic carbocycles. The van der Waals surface area contributed by atoms with E-state index in [1.165, 1.54) is 0 Å². The average Bonchev–Trinajstić information content (AvgIpc) is 3.04. The molecule has 2 N–H and O–H groups in total. The summed E-state index contributed by atoms with van der Waals surface area (Å²) >= 11 is 6.02. The van der Waals surface area contributed by atoms with Gasteiger partial charge in [0.05, 0.1) is 17.6 Å². The highest BCUT2D eigenvalue weighted by Crippen LogP contribution is 2.46. The van der Waals surface area contributed by atoms with Gasteiger partial charge in [0.1, 0.15) is 0 Å². The van der Waals surface area contributed by atoms with Gasteiger partial charge in [0.2, 0.25) is 5.91 Å². The lowest BCUT2D eigenvalue weighted by Gasteiger charge is -2.24. The van der Waals surface area contributed by atoms with Crippen LogP contribution in [0, 0.1) is 0 Å². The molecule has 1 aromatic rings. The quantitative estimate of drug-likeness (QED) is 0.896. The van der Waals surface area contributed by atoms with Crippen LogP contribution in [-0.4, -0.2) is 16.6 Å². The smallest absolute Gasteiger partial charge is 0.223 e. The minimum absolute atomic E-state index is 0.0492. The molecule has 3 nitrogen and oxygen atoms in total. The molecule has 1 amide bonds. The van der Waals surface area contributed by atoms with E-state index in [4.69, 9.17) is 11.6 Å². The third-order valence-electron chi connectivity index (χ3n) is 4.53. The van der Waals surface area contributed by atoms with Crippen molar-refractivity contribution in [3.63, 3.8) is 0 Å². The monoisotopic (exact) mass is 293 g/mol. The number of carbonyl (C=O) groups excluding carboxylic acids is 1. The van der Waals surface area contributed by atoms with Crippen LogP contribution in [0.1, 0.15) is 50.5 Å². The van der Waals surface area contributed by atoms with Gasteiger partial charge in [-0.2, -0.15) is 0 Å². The Morgan fingerprint density at radius 2 is 1.95 bits per heavy atom. The zero-order chi connectivity index (χ0) is 14.2. The summed E-state index contributed by atoms with van der Waals surface area (Å²) in [5, 5.41) is 14.1. The van der Waals surface area contributed by atoms with E-state index in [1.54, 1.807) is 0 Å². The number of amides is 1. The van der Waals surface area contributed by atoms with E-state index in [-0.39, 0.29) is 17.9 Å². The van der Waals surface area contributed by atoms with E-state index in [0.29, 0.717) is 5.02 Å². The SMILES string of the molecule is O=C(CC1(O)CCCC1)NC1(c2cccc(Cl)c2)CC1. The topological polar surface area (TPSA) is 49.3 Å². The van der Waals surface area contributed by atoms with Crippen LogP contribution in [0.5, 0.6) is 0 Å². The van der Waals surface area contributed by atoms with Gasteiger partial charge in [-0.1, -0.05) is 36.6 Å². The van der Waals surface area contributed by atoms with Gasteiger partial charge in [-0.15, -0.1) is 0 Å². The standard InChI is InChI=1S/C16H20ClNO2/c17-13-5-3-4-12(10-13)16(8-9-16)18-14(19)11-15(20)6-1-2-7-15/h3-5,10,20H,1-2,6-9,11H2,(H,18,19). The third-order valence-corrected chi connectivity index (χ3v) is 4.76. The Labute approximate surface area is 124 Å². The summed E-state index contributed by atoms with van der Waals surface area (Å²) in [7, 11) is 0. The lowest BCUT2D eigenvalue weighted by molar-refractivity contribution is -0.127. The van der Waals surface area contributed by atoms with Crippen molar-refractivity contribution in [1.82, 2.24) is 5.32 Å². The van der Waals surface area contributed by atoms with Gasteiger partial charge in [0.15, 0.2) is 0 Å². The second-order valence-corrected chi connectivity index (χ2v) is 6.69. The molecule has 1 aromatic carbocycles. The second-order valence-electron chi connectivity index (χ2n) is 6.25. The van der Waals surface area contributed by atoms with Gasteiger partial charge in [0.25, 0.3) is 0 Å². The first-order valence-electron chi connectivity index (χ1n) is 7.31. The van der Waals surface area contributed by atoms with Crippen LogP contribution < -0.4 is 5.32 Å². The molecule has 3 rings (SSSR count). The minimum Gasteiger partial charge on any atom is -0.389 e. The number of rotatable bonds is 4. The highest BCUT2D eigenvalue weighted by Gasteiger charge is 2.46. The van der Waals surface area contributed by atoms with Crippen LogP contribution in [0.25, 0.3) is 0 Å². The molecule has 0 spiro atoms. The predicted octanol–water partition coefficient (Wildman–Crippen LogP) is 3.14. The summed E-state index contributed by atoms with van der Waals surface area (Å²) < 4.78 is 0. The van der Waals surface area contributed by atoms with Crippen LogP contribution in [0.2, 0.25) is 5.02 Å². The van der Waals surface area contributed by atoms with E-state index in [9.17, 15) is 9.90 Å². The zero-order valence-electron chi connectivity index (χ0n) is 11.5. The molecule has 108 valence electrons. The van der Waals surface area contributed by atoms with Gasteiger partial charge in [-0.25, -0.2) is 0 Å². The summed E-state index contributed by atoms with van der Waals surface area (Å²) in [4.78, 5) is 12.2. The molecule has 0 aromatic heterocycles. The Bertz CT molecular complexity index is 519. The fourth-order valence-corrected chi connectivity index (χ4v) is 3.41. The molecule has 0 atom stereocenters. The molecule has 0 radical (unpaired) electrons. The highest BCUT2D eigenvalue weighted by atomic mass is 35.5. The van der Waals surface area contributed by atoms with Crippen molar-refractivity contribution in [2.75, 3.05) is 0 Å². The summed E-state index contributed by atoms with van der Waals surface area (Å²) in [5.41, 5.74) is 0.0302. The molecular formula is C16H20ClNO2. The molecule has 2 saturated carbocycles. The van der Waals surface area contributed by atoms with E-state index >= 15 is 0 Å². The van der Waals surface area contributed by atoms with Gasteiger partial charge in [-0.3, -0.25) is 4.79 Å². The molecule has 2 fully saturated rings. The van der Waals surface area contributed by atoms with Crippen LogP contribution in [0.15, 0.2) is 24.3 Å². The molecule has 4 heteroatoms. The first kappa shape index (κ1) is 13.9. The number of aliphatic hydroxyl groups is 1. The molecule has 0 unspecified atom stereocenters. The normalized spacial score (nSPS) is 22.5. The van der Waals surface area contributed by atoms with Crippen molar-refractivity contribution >= 4 is 17.5 Å². The predicted molar refractivity (Wildman–Crippen MR) is 78.5 cm³/mol. The summed E-state index contributed by atoms with van der Waals surface area (Å²) in [6.07, 6.45) is 5.62. The first-order chi connectivity index (χ1) is 9.51. The van der Waals surface area contributed by atoms with Gasteiger partial charge >= 0.3 is 0 Å². The Kier molecular flexibility index (Phi) is 3.51. The molecule has 0 saturated heterocycles. The lowest BCUT2D eigenvalue weighted by atomic mass is 9.96. The lowest BCUT2D eigenvalue weighted by Crippen LogP contribution is -2.40. The molecule has 2 aliphatic rings. The maximum atomic E-state index is 12.2. The van der Waals surface area contributed by atoms with Crippen LogP contribution in [0.4, 0.5) is 0 Å². The molecule has 20 heavy (non-hydrogen) atoms. The average molecular weight is 294 g/mol. The Balaban J connectivity index is 1.66. The Morgan fingerprint density at radius 3 is 2.55 bits per heavy atom. The number of hydrogen-bond acceptors (Lipinski definition) is 2. The largest absolute Gasteiger partial charge is 0.389 e. The third kappa shape index (κ3) is 2.84. The van der Waals surface area contributed by atoms with Crippen molar-refractivity contribution in [2.24, 2.45) is 0 Å². The number of nitrogens with one attached hydrogen (secondary N) is 1. The molecule has 0 bridgehead atoms. The van der Waals surface area contributed by atoms with E-state index < -0.39 is 5.60 Å². The van der Waals surface area contributed by atoms with Crippen LogP contribution in [0.3, 0.4) is 0 Å². The number of carbonyl (C=O) groups is 1. The molecule has 0 heterocycles. The van der Waals surface area contributed by atoms with Crippen molar-refractivity contribution < 1.29 is 9.90 Å². The van der Waals surface area contributed by atoms with Crippen molar-refractivity contribution in [3.05, 3.63) is 34.9 Å². The number of benzene rings is 1. The van der Waals surface area contributed by atoms with Crippen molar-refractivity contribution in [3.8, 4) is 0 Å². The summed E-state index contributed by atoms with van der Waals surface area (Å²) in [6, 6.07) is 7.67. The Morgan fingerprint density at radius 1 is 1.25 bits per heavy atom. The maximum absolute atomic E-state index is 12.2. The van der Waals surface area contributed by atoms with E-state index in [0.717, 1.165) is 44.1 Å². The van der Waals surface area contributed by atoms with Crippen LogP contribution in [-0.2, 0) is 10.3 Å². The number of hydrogen-bond donors (Lipinski definition) is 2. The van der Waals surface area contributed by atoms with E-state index in [1.807, 2.05) is 24.3 Å². The zero-order valence-corrected chi connectivity index (χ0v) is 12.2. The second kappa shape index (κ2) is 5.05. The van der Waals surface area contributed by atoms with E-state index in [2.05, 4.69) is 5.32 Å². The minimum atomic E-state index is -0.783. The fourth-order valence-electron chi connectivity index (χ4n) is 3.22. The summed E-state index contributed by atoms with van der Waals surface area (Å²) in [5.74, 6) is -0.0492. The Hall–Kier alpha value is -1.06. The number of halogens is 1. The van der Waals surface area contributed by atoms with Crippen LogP contribution >= 0.6 is 11.6 Å². The van der Waals surface area contributed by atoms with Crippen molar-refractivity contribution in [2.45, 2.75) is 56.1 Å². The molecular weight excluding hydrogens is 274 g/mol. The highest BCUT2D eigenvalue weighted by molar-refractivity contribution is 6.30. The molecule has 0 aliphatic heterocycles.